The van der Waals surface area contributed by atoms with Crippen molar-refractivity contribution in [1.82, 2.24) is 0 Å². The SMILES string of the molecule is O=C(OCc1cc(=O)oc2cc(O)ccc12)C1(c2ccccc2)CC1. The summed E-state index contributed by atoms with van der Waals surface area (Å²) in [6.45, 7) is -0.0136. The number of fused-ring (bicyclic) bond motifs is 1. The molecule has 1 saturated carbocycles. The van der Waals surface area contributed by atoms with Gasteiger partial charge in [0.25, 0.3) is 0 Å². The summed E-state index contributed by atoms with van der Waals surface area (Å²) in [6.07, 6.45) is 1.53. The van der Waals surface area contributed by atoms with Crippen LogP contribution in [0.2, 0.25) is 0 Å². The lowest BCUT2D eigenvalue weighted by atomic mass is 9.96. The van der Waals surface area contributed by atoms with Crippen LogP contribution in [0.1, 0.15) is 24.0 Å². The van der Waals surface area contributed by atoms with Crippen LogP contribution < -0.4 is 5.63 Å². The number of aromatic hydroxyl groups is 1. The molecule has 0 spiro atoms. The van der Waals surface area contributed by atoms with Gasteiger partial charge in [0.1, 0.15) is 17.9 Å². The first-order valence-corrected chi connectivity index (χ1v) is 8.07. The van der Waals surface area contributed by atoms with E-state index in [1.165, 1.54) is 18.2 Å². The molecule has 1 aliphatic rings. The highest BCUT2D eigenvalue weighted by molar-refractivity contribution is 5.87. The Morgan fingerprint density at radius 2 is 1.88 bits per heavy atom. The minimum atomic E-state index is -0.561. The summed E-state index contributed by atoms with van der Waals surface area (Å²) in [7, 11) is 0. The van der Waals surface area contributed by atoms with Gasteiger partial charge in [-0.25, -0.2) is 4.79 Å². The van der Waals surface area contributed by atoms with Gasteiger partial charge >= 0.3 is 11.6 Å². The van der Waals surface area contributed by atoms with E-state index in [0.717, 1.165) is 18.4 Å². The predicted molar refractivity (Wildman–Crippen MR) is 91.3 cm³/mol. The minimum absolute atomic E-state index is 0.00538. The fourth-order valence-electron chi connectivity index (χ4n) is 3.11. The van der Waals surface area contributed by atoms with E-state index in [1.807, 2.05) is 30.3 Å². The van der Waals surface area contributed by atoms with Crippen LogP contribution in [-0.4, -0.2) is 11.1 Å². The quantitative estimate of drug-likeness (QED) is 0.584. The van der Waals surface area contributed by atoms with Crippen molar-refractivity contribution in [3.05, 3.63) is 76.1 Å². The Kier molecular flexibility index (Phi) is 3.57. The molecule has 5 heteroatoms. The first-order chi connectivity index (χ1) is 12.1. The van der Waals surface area contributed by atoms with E-state index >= 15 is 0 Å². The Balaban J connectivity index is 1.59. The lowest BCUT2D eigenvalue weighted by Crippen LogP contribution is -2.23. The van der Waals surface area contributed by atoms with Crippen molar-refractivity contribution in [2.24, 2.45) is 0 Å². The molecule has 1 N–H and O–H groups in total. The molecule has 1 heterocycles. The van der Waals surface area contributed by atoms with Crippen molar-refractivity contribution in [3.63, 3.8) is 0 Å². The summed E-state index contributed by atoms with van der Waals surface area (Å²) in [5.74, 6) is -0.273. The van der Waals surface area contributed by atoms with E-state index in [9.17, 15) is 14.7 Å². The number of phenols is 1. The van der Waals surface area contributed by atoms with Gasteiger partial charge in [-0.15, -0.1) is 0 Å². The molecular formula is C20H16O5. The normalized spacial score (nSPS) is 15.0. The van der Waals surface area contributed by atoms with Crippen LogP contribution in [0.4, 0.5) is 0 Å². The van der Waals surface area contributed by atoms with Gasteiger partial charge < -0.3 is 14.3 Å². The van der Waals surface area contributed by atoms with E-state index in [4.69, 9.17) is 9.15 Å². The molecule has 126 valence electrons. The molecule has 1 aliphatic carbocycles. The van der Waals surface area contributed by atoms with Gasteiger partial charge in [-0.3, -0.25) is 4.79 Å². The molecule has 2 aromatic carbocycles. The van der Waals surface area contributed by atoms with Crippen molar-refractivity contribution < 1.29 is 19.1 Å². The number of phenolic OH excluding ortho intramolecular Hbond substituents is 1. The highest BCUT2D eigenvalue weighted by Gasteiger charge is 2.52. The molecular weight excluding hydrogens is 320 g/mol. The van der Waals surface area contributed by atoms with E-state index in [2.05, 4.69) is 0 Å². The third kappa shape index (κ3) is 2.78. The first kappa shape index (κ1) is 15.4. The number of carbonyl (C=O) groups excluding carboxylic acids is 1. The highest BCUT2D eigenvalue weighted by Crippen LogP contribution is 2.49. The summed E-state index contributed by atoms with van der Waals surface area (Å²) < 4.78 is 10.6. The smallest absolute Gasteiger partial charge is 0.336 e. The van der Waals surface area contributed by atoms with Crippen LogP contribution in [0.5, 0.6) is 5.75 Å². The zero-order valence-corrected chi connectivity index (χ0v) is 13.4. The van der Waals surface area contributed by atoms with Gasteiger partial charge in [0.05, 0.1) is 5.41 Å². The average molecular weight is 336 g/mol. The Morgan fingerprint density at radius 1 is 1.12 bits per heavy atom. The van der Waals surface area contributed by atoms with Gasteiger partial charge in [0.15, 0.2) is 0 Å². The number of benzene rings is 2. The van der Waals surface area contributed by atoms with Crippen molar-refractivity contribution in [2.45, 2.75) is 24.9 Å². The fraction of sp³-hybridized carbons (Fsp3) is 0.200. The third-order valence-electron chi connectivity index (χ3n) is 4.64. The molecule has 4 rings (SSSR count). The largest absolute Gasteiger partial charge is 0.508 e. The molecule has 0 saturated heterocycles. The summed E-state index contributed by atoms with van der Waals surface area (Å²) >= 11 is 0. The maximum Gasteiger partial charge on any atom is 0.336 e. The molecule has 25 heavy (non-hydrogen) atoms. The van der Waals surface area contributed by atoms with Crippen molar-refractivity contribution in [3.8, 4) is 5.75 Å². The molecule has 1 fully saturated rings. The number of esters is 1. The summed E-state index contributed by atoms with van der Waals surface area (Å²) in [6, 6.07) is 15.4. The summed E-state index contributed by atoms with van der Waals surface area (Å²) in [5.41, 5.74) is 0.677. The Morgan fingerprint density at radius 3 is 2.60 bits per heavy atom. The van der Waals surface area contributed by atoms with Gasteiger partial charge in [0, 0.05) is 23.1 Å². The van der Waals surface area contributed by atoms with E-state index in [1.54, 1.807) is 6.07 Å². The summed E-state index contributed by atoms with van der Waals surface area (Å²) in [5, 5.41) is 10.2. The highest BCUT2D eigenvalue weighted by atomic mass is 16.5. The van der Waals surface area contributed by atoms with Crippen molar-refractivity contribution >= 4 is 16.9 Å². The zero-order valence-electron chi connectivity index (χ0n) is 13.4. The zero-order chi connectivity index (χ0) is 17.4. The Bertz CT molecular complexity index is 1000. The van der Waals surface area contributed by atoms with Gasteiger partial charge in [-0.2, -0.15) is 0 Å². The van der Waals surface area contributed by atoms with Crippen LogP contribution >= 0.6 is 0 Å². The molecule has 0 atom stereocenters. The molecule has 3 aromatic rings. The molecule has 0 unspecified atom stereocenters. The third-order valence-corrected chi connectivity index (χ3v) is 4.64. The second-order valence-corrected chi connectivity index (χ2v) is 6.30. The molecule has 0 amide bonds. The van der Waals surface area contributed by atoms with E-state index < -0.39 is 11.0 Å². The minimum Gasteiger partial charge on any atom is -0.508 e. The number of hydrogen-bond acceptors (Lipinski definition) is 5. The van der Waals surface area contributed by atoms with Crippen LogP contribution in [0.15, 0.2) is 63.8 Å². The first-order valence-electron chi connectivity index (χ1n) is 8.07. The molecule has 0 bridgehead atoms. The Hall–Kier alpha value is -3.08. The monoisotopic (exact) mass is 336 g/mol. The molecule has 0 radical (unpaired) electrons. The van der Waals surface area contributed by atoms with Crippen LogP contribution in [-0.2, 0) is 21.6 Å². The van der Waals surface area contributed by atoms with Gasteiger partial charge in [-0.1, -0.05) is 30.3 Å². The number of ether oxygens (including phenoxy) is 1. The maximum absolute atomic E-state index is 12.6. The maximum atomic E-state index is 12.6. The molecule has 5 nitrogen and oxygen atoms in total. The number of carbonyl (C=O) groups is 1. The Labute approximate surface area is 143 Å². The van der Waals surface area contributed by atoms with Crippen LogP contribution in [0.3, 0.4) is 0 Å². The van der Waals surface area contributed by atoms with E-state index in [-0.39, 0.29) is 23.9 Å². The van der Waals surface area contributed by atoms with Crippen LogP contribution in [0, 0.1) is 0 Å². The second kappa shape index (κ2) is 5.77. The standard InChI is InChI=1S/C20H16O5/c21-15-6-7-16-13(10-18(22)25-17(16)11-15)12-24-19(23)20(8-9-20)14-4-2-1-3-5-14/h1-7,10-11,21H,8-9,12H2. The average Bonchev–Trinajstić information content (AvgIpc) is 3.41. The summed E-state index contributed by atoms with van der Waals surface area (Å²) in [4.78, 5) is 24.3. The second-order valence-electron chi connectivity index (χ2n) is 6.30. The molecule has 0 aliphatic heterocycles. The molecule has 1 aromatic heterocycles. The number of rotatable bonds is 4. The lowest BCUT2D eigenvalue weighted by molar-refractivity contribution is -0.148. The lowest BCUT2D eigenvalue weighted by Gasteiger charge is -2.15. The van der Waals surface area contributed by atoms with Crippen molar-refractivity contribution in [1.29, 1.82) is 0 Å². The topological polar surface area (TPSA) is 76.7 Å². The number of hydrogen-bond donors (Lipinski definition) is 1. The van der Waals surface area contributed by atoms with Gasteiger partial charge in [-0.05, 0) is 30.5 Å². The predicted octanol–water partition coefficient (Wildman–Crippen LogP) is 3.27. The van der Waals surface area contributed by atoms with E-state index in [0.29, 0.717) is 10.9 Å². The fourth-order valence-corrected chi connectivity index (χ4v) is 3.11. The van der Waals surface area contributed by atoms with Crippen LogP contribution in [0.25, 0.3) is 11.0 Å². The van der Waals surface area contributed by atoms with Gasteiger partial charge in [0.2, 0.25) is 0 Å². The van der Waals surface area contributed by atoms with Crippen molar-refractivity contribution in [2.75, 3.05) is 0 Å².